The molecule has 0 aromatic rings. The second-order valence-corrected chi connectivity index (χ2v) is 1.43. The summed E-state index contributed by atoms with van der Waals surface area (Å²) < 4.78 is 8.16. The van der Waals surface area contributed by atoms with Gasteiger partial charge in [-0.3, -0.25) is 0 Å². The molecule has 0 saturated carbocycles. The highest BCUT2D eigenvalue weighted by atomic mass is 16.5. The van der Waals surface area contributed by atoms with E-state index in [1.54, 1.807) is 11.8 Å². The number of ether oxygens (including phenoxy) is 2. The van der Waals surface area contributed by atoms with Crippen LogP contribution in [0.3, 0.4) is 0 Å². The molecule has 86 valence electrons. The molecule has 0 aliphatic rings. The fourth-order valence-corrected chi connectivity index (χ4v) is 0.219. The average Bonchev–Trinajstić information content (AvgIpc) is 2.33. The number of carbonyl (C=O) groups is 2. The van der Waals surface area contributed by atoms with Crippen LogP contribution >= 0.6 is 0 Å². The Balaban J connectivity index is -0.000000183. The topological polar surface area (TPSA) is 52.6 Å². The summed E-state index contributed by atoms with van der Waals surface area (Å²) in [7, 11) is 0. The fraction of sp³-hybridized carbons (Fsp3) is 0.167. The van der Waals surface area contributed by atoms with E-state index in [1.165, 1.54) is 0 Å². The Labute approximate surface area is 95.9 Å². The zero-order valence-electron chi connectivity index (χ0n) is 9.36. The normalized spacial score (nSPS) is 5.75. The molecule has 0 atom stereocenters. The van der Waals surface area contributed by atoms with Crippen molar-refractivity contribution in [1.82, 2.24) is 0 Å². The quantitative estimate of drug-likeness (QED) is 0.308. The molecule has 4 heteroatoms. The van der Waals surface area contributed by atoms with E-state index in [2.05, 4.69) is 35.5 Å². The summed E-state index contributed by atoms with van der Waals surface area (Å²) in [6.45, 7) is 10.2. The van der Waals surface area contributed by atoms with Gasteiger partial charge in [0.05, 0.1) is 12.5 Å². The van der Waals surface area contributed by atoms with Crippen LogP contribution in [-0.4, -0.2) is 11.9 Å². The van der Waals surface area contributed by atoms with Crippen LogP contribution in [0.5, 0.6) is 0 Å². The largest absolute Gasteiger partial charge is 0.426 e. The molecule has 16 heavy (non-hydrogen) atoms. The van der Waals surface area contributed by atoms with Crippen molar-refractivity contribution in [3.05, 3.63) is 25.7 Å². The van der Waals surface area contributed by atoms with Crippen molar-refractivity contribution < 1.29 is 19.1 Å². The van der Waals surface area contributed by atoms with Gasteiger partial charge in [-0.1, -0.05) is 27.0 Å². The summed E-state index contributed by atoms with van der Waals surface area (Å²) in [6, 6.07) is 0. The Morgan fingerprint density at radius 2 is 1.25 bits per heavy atom. The molecule has 0 rings (SSSR count). The van der Waals surface area contributed by atoms with Crippen LogP contribution in [0.1, 0.15) is 13.8 Å². The molecule has 0 aromatic carbocycles. The number of hydrogen-bond donors (Lipinski definition) is 0. The van der Waals surface area contributed by atoms with Gasteiger partial charge in [0.15, 0.2) is 0 Å². The first-order valence-electron chi connectivity index (χ1n) is 4.18. The summed E-state index contributed by atoms with van der Waals surface area (Å²) in [5.41, 5.74) is 0. The van der Waals surface area contributed by atoms with Crippen molar-refractivity contribution in [2.24, 2.45) is 0 Å². The lowest BCUT2D eigenvalue weighted by atomic mass is 10.7. The molecule has 0 aliphatic heterocycles. The van der Waals surface area contributed by atoms with Crippen LogP contribution in [0, 0.1) is 24.7 Å². The Morgan fingerprint density at radius 3 is 1.31 bits per heavy atom. The number of hydrogen-bond acceptors (Lipinski definition) is 4. The van der Waals surface area contributed by atoms with E-state index in [0.717, 1.165) is 12.5 Å². The van der Waals surface area contributed by atoms with E-state index in [4.69, 9.17) is 0 Å². The summed E-state index contributed by atoms with van der Waals surface area (Å²) in [4.78, 5) is 19.8. The third-order valence-corrected chi connectivity index (χ3v) is 0.616. The van der Waals surface area contributed by atoms with Crippen LogP contribution in [0.15, 0.2) is 25.7 Å². The van der Waals surface area contributed by atoms with Gasteiger partial charge in [-0.2, -0.15) is 0 Å². The maximum atomic E-state index is 9.88. The first-order chi connectivity index (χ1) is 7.62. The molecule has 0 saturated heterocycles. The molecular formula is C12H14O4. The SMILES string of the molecule is C#CC(=O)OC=C.C#CC(=O)OC=C.CC. The second-order valence-electron chi connectivity index (χ2n) is 1.43. The molecule has 0 amide bonds. The number of terminal acetylenes is 2. The summed E-state index contributed by atoms with van der Waals surface area (Å²) in [5, 5.41) is 0. The molecule has 0 unspecified atom stereocenters. The van der Waals surface area contributed by atoms with Crippen molar-refractivity contribution in [2.75, 3.05) is 0 Å². The summed E-state index contributed by atoms with van der Waals surface area (Å²) in [6.07, 6.45) is 11.1. The standard InChI is InChI=1S/2C5H4O2.C2H6/c2*1-3-5(6)7-4-2;1-2/h2*1,4H,2H2;1-2H3. The van der Waals surface area contributed by atoms with Crippen LogP contribution in [0.2, 0.25) is 0 Å². The third-order valence-electron chi connectivity index (χ3n) is 0.616. The first-order valence-corrected chi connectivity index (χ1v) is 4.18. The lowest BCUT2D eigenvalue weighted by Crippen LogP contribution is -1.91. The molecule has 0 bridgehead atoms. The Hall–Kier alpha value is -2.46. The smallest absolute Gasteiger partial charge is 0.388 e. The zero-order chi connectivity index (χ0) is 13.4. The van der Waals surface area contributed by atoms with Crippen molar-refractivity contribution in [3.8, 4) is 24.7 Å². The first kappa shape index (κ1) is 19.2. The van der Waals surface area contributed by atoms with Gasteiger partial charge in [-0.15, -0.1) is 12.8 Å². The third kappa shape index (κ3) is 22.5. The highest BCUT2D eigenvalue weighted by Crippen LogP contribution is 1.71. The minimum atomic E-state index is -0.713. The van der Waals surface area contributed by atoms with Gasteiger partial charge in [0.2, 0.25) is 0 Å². The minimum Gasteiger partial charge on any atom is -0.426 e. The Kier molecular flexibility index (Phi) is 22.0. The van der Waals surface area contributed by atoms with Crippen molar-refractivity contribution >= 4 is 11.9 Å². The monoisotopic (exact) mass is 222 g/mol. The van der Waals surface area contributed by atoms with Crippen LogP contribution in [-0.2, 0) is 19.1 Å². The van der Waals surface area contributed by atoms with Crippen LogP contribution < -0.4 is 0 Å². The molecule has 4 nitrogen and oxygen atoms in total. The minimum absolute atomic E-state index is 0.713. The van der Waals surface area contributed by atoms with Gasteiger partial charge in [0, 0.05) is 11.8 Å². The second kappa shape index (κ2) is 18.3. The van der Waals surface area contributed by atoms with Gasteiger partial charge in [0.25, 0.3) is 0 Å². The highest BCUT2D eigenvalue weighted by Gasteiger charge is 1.86. The summed E-state index contributed by atoms with van der Waals surface area (Å²) >= 11 is 0. The predicted octanol–water partition coefficient (Wildman–Crippen LogP) is 1.64. The molecule has 0 aromatic heterocycles. The molecular weight excluding hydrogens is 208 g/mol. The molecule has 0 fully saturated rings. The van der Waals surface area contributed by atoms with E-state index < -0.39 is 11.9 Å². The van der Waals surface area contributed by atoms with Crippen molar-refractivity contribution in [3.63, 3.8) is 0 Å². The fourth-order valence-electron chi connectivity index (χ4n) is 0.219. The van der Waals surface area contributed by atoms with Crippen molar-refractivity contribution in [2.45, 2.75) is 13.8 Å². The molecule has 0 aliphatic carbocycles. The van der Waals surface area contributed by atoms with Gasteiger partial charge in [-0.05, 0) is 0 Å². The zero-order valence-corrected chi connectivity index (χ0v) is 9.36. The lowest BCUT2D eigenvalue weighted by molar-refractivity contribution is -0.132. The number of carbonyl (C=O) groups excluding carboxylic acids is 2. The van der Waals surface area contributed by atoms with Crippen LogP contribution in [0.25, 0.3) is 0 Å². The predicted molar refractivity (Wildman–Crippen MR) is 61.6 cm³/mol. The number of rotatable bonds is 2. The van der Waals surface area contributed by atoms with E-state index in [-0.39, 0.29) is 0 Å². The molecule has 0 radical (unpaired) electrons. The van der Waals surface area contributed by atoms with E-state index in [1.807, 2.05) is 13.8 Å². The van der Waals surface area contributed by atoms with E-state index in [9.17, 15) is 9.59 Å². The summed E-state index contributed by atoms with van der Waals surface area (Å²) in [5.74, 6) is 2.04. The van der Waals surface area contributed by atoms with E-state index >= 15 is 0 Å². The maximum Gasteiger partial charge on any atom is 0.388 e. The lowest BCUT2D eigenvalue weighted by Gasteiger charge is -1.82. The maximum absolute atomic E-state index is 9.88. The van der Waals surface area contributed by atoms with Gasteiger partial charge < -0.3 is 9.47 Å². The van der Waals surface area contributed by atoms with Gasteiger partial charge >= 0.3 is 11.9 Å². The van der Waals surface area contributed by atoms with E-state index in [0.29, 0.717) is 0 Å². The average molecular weight is 222 g/mol. The van der Waals surface area contributed by atoms with Crippen LogP contribution in [0.4, 0.5) is 0 Å². The molecule has 0 N–H and O–H groups in total. The number of esters is 2. The highest BCUT2D eigenvalue weighted by molar-refractivity contribution is 5.88. The Morgan fingerprint density at radius 1 is 1.00 bits per heavy atom. The van der Waals surface area contributed by atoms with Gasteiger partial charge in [-0.25, -0.2) is 9.59 Å². The van der Waals surface area contributed by atoms with Crippen molar-refractivity contribution in [1.29, 1.82) is 0 Å². The molecule has 0 heterocycles. The molecule has 0 spiro atoms. The Bertz CT molecular complexity index is 270. The van der Waals surface area contributed by atoms with Gasteiger partial charge in [0.1, 0.15) is 0 Å².